The first-order valence-corrected chi connectivity index (χ1v) is 3.82. The van der Waals surface area contributed by atoms with Crippen LogP contribution in [-0.4, -0.2) is 31.2 Å². The van der Waals surface area contributed by atoms with Gasteiger partial charge in [0.05, 0.1) is 6.20 Å². The van der Waals surface area contributed by atoms with E-state index in [-0.39, 0.29) is 5.69 Å². The monoisotopic (exact) mass is 190 g/mol. The lowest BCUT2D eigenvalue weighted by Crippen LogP contribution is -1.95. The third kappa shape index (κ3) is 1.45. The van der Waals surface area contributed by atoms with Crippen molar-refractivity contribution in [2.75, 3.05) is 0 Å². The van der Waals surface area contributed by atoms with E-state index in [1.165, 1.54) is 24.7 Å². The molecule has 0 fully saturated rings. The van der Waals surface area contributed by atoms with Gasteiger partial charge in [0.1, 0.15) is 17.1 Å². The first kappa shape index (κ1) is 8.36. The van der Waals surface area contributed by atoms with E-state index in [0.717, 1.165) is 0 Å². The van der Waals surface area contributed by atoms with Crippen LogP contribution in [0.15, 0.2) is 24.7 Å². The van der Waals surface area contributed by atoms with Crippen LogP contribution in [-0.2, 0) is 0 Å². The minimum Gasteiger partial charge on any atom is -0.477 e. The highest BCUT2D eigenvalue weighted by molar-refractivity contribution is 5.86. The highest BCUT2D eigenvalue weighted by Gasteiger charge is 2.09. The number of aromatic amines is 1. The molecule has 6 nitrogen and oxygen atoms in total. The lowest BCUT2D eigenvalue weighted by atomic mass is 10.3. The molecule has 0 aliphatic heterocycles. The van der Waals surface area contributed by atoms with Gasteiger partial charge >= 0.3 is 5.97 Å². The second kappa shape index (κ2) is 3.25. The molecule has 0 bridgehead atoms. The van der Waals surface area contributed by atoms with E-state index in [9.17, 15) is 4.79 Å². The summed E-state index contributed by atoms with van der Waals surface area (Å²) in [5.41, 5.74) is 1.04. The number of aromatic carboxylic acids is 1. The normalized spacial score (nSPS) is 10.0. The van der Waals surface area contributed by atoms with Crippen LogP contribution in [0.3, 0.4) is 0 Å². The topological polar surface area (TPSA) is 91.8 Å². The lowest BCUT2D eigenvalue weighted by molar-refractivity contribution is 0.0690. The summed E-state index contributed by atoms with van der Waals surface area (Å²) in [6, 6.07) is 1.41. The summed E-state index contributed by atoms with van der Waals surface area (Å²) in [5.74, 6) is -1.05. The summed E-state index contributed by atoms with van der Waals surface area (Å²) in [4.78, 5) is 18.4. The number of carboxylic acid groups (broad SMARTS) is 1. The molecule has 2 N–H and O–H groups in total. The summed E-state index contributed by atoms with van der Waals surface area (Å²) in [6.45, 7) is 0. The molecule has 2 aromatic rings. The second-order valence-electron chi connectivity index (χ2n) is 2.56. The Kier molecular flexibility index (Phi) is 1.94. The Morgan fingerprint density at radius 3 is 2.79 bits per heavy atom. The Morgan fingerprint density at radius 1 is 1.36 bits per heavy atom. The summed E-state index contributed by atoms with van der Waals surface area (Å²) >= 11 is 0. The van der Waals surface area contributed by atoms with Crippen LogP contribution >= 0.6 is 0 Å². The minimum atomic E-state index is -1.05. The highest BCUT2D eigenvalue weighted by Crippen LogP contribution is 2.12. The molecule has 0 saturated heterocycles. The van der Waals surface area contributed by atoms with Gasteiger partial charge in [0.15, 0.2) is 0 Å². The number of carbonyl (C=O) groups is 1. The quantitative estimate of drug-likeness (QED) is 0.722. The number of nitrogens with zero attached hydrogens (tertiary/aromatic N) is 3. The highest BCUT2D eigenvalue weighted by atomic mass is 16.4. The molecule has 0 aliphatic rings. The van der Waals surface area contributed by atoms with Crippen LogP contribution in [0.25, 0.3) is 11.4 Å². The van der Waals surface area contributed by atoms with E-state index in [1.54, 1.807) is 0 Å². The maximum Gasteiger partial charge on any atom is 0.353 e. The molecule has 0 saturated carbocycles. The van der Waals surface area contributed by atoms with Gasteiger partial charge in [-0.2, -0.15) is 5.10 Å². The van der Waals surface area contributed by atoms with Crippen molar-refractivity contribution in [1.82, 2.24) is 20.2 Å². The molecule has 0 amide bonds. The Morgan fingerprint density at radius 2 is 2.21 bits per heavy atom. The van der Waals surface area contributed by atoms with Gasteiger partial charge in [-0.15, -0.1) is 0 Å². The maximum absolute atomic E-state index is 10.5. The summed E-state index contributed by atoms with van der Waals surface area (Å²) in [5, 5.41) is 14.8. The summed E-state index contributed by atoms with van der Waals surface area (Å²) in [6.07, 6.45) is 4.57. The molecular weight excluding hydrogens is 184 g/mol. The molecule has 0 atom stereocenters. The molecule has 0 spiro atoms. The lowest BCUT2D eigenvalue weighted by Gasteiger charge is -1.90. The van der Waals surface area contributed by atoms with Crippen molar-refractivity contribution in [3.05, 3.63) is 30.4 Å². The van der Waals surface area contributed by atoms with Crippen molar-refractivity contribution in [2.45, 2.75) is 0 Å². The predicted octanol–water partition coefficient (Wildman–Crippen LogP) is 0.565. The second-order valence-corrected chi connectivity index (χ2v) is 2.56. The molecule has 70 valence electrons. The van der Waals surface area contributed by atoms with Gasteiger partial charge in [-0.05, 0) is 0 Å². The summed E-state index contributed by atoms with van der Waals surface area (Å²) < 4.78 is 0. The molecule has 0 aliphatic carbocycles. The van der Waals surface area contributed by atoms with Gasteiger partial charge < -0.3 is 5.11 Å². The third-order valence-electron chi connectivity index (χ3n) is 1.63. The van der Waals surface area contributed by atoms with E-state index < -0.39 is 5.97 Å². The number of hydrogen-bond acceptors (Lipinski definition) is 4. The van der Waals surface area contributed by atoms with Crippen molar-refractivity contribution < 1.29 is 9.90 Å². The number of carboxylic acids is 1. The fraction of sp³-hybridized carbons (Fsp3) is 0. The van der Waals surface area contributed by atoms with Crippen molar-refractivity contribution in [2.24, 2.45) is 0 Å². The van der Waals surface area contributed by atoms with Gasteiger partial charge in [0, 0.05) is 18.5 Å². The summed E-state index contributed by atoms with van der Waals surface area (Å²) in [7, 11) is 0. The zero-order chi connectivity index (χ0) is 9.97. The molecule has 0 radical (unpaired) electrons. The van der Waals surface area contributed by atoms with Crippen LogP contribution < -0.4 is 0 Å². The van der Waals surface area contributed by atoms with Crippen molar-refractivity contribution in [3.8, 4) is 11.4 Å². The Labute approximate surface area is 78.6 Å². The van der Waals surface area contributed by atoms with E-state index >= 15 is 0 Å². The Bertz CT molecular complexity index is 451. The maximum atomic E-state index is 10.5. The standard InChI is InChI=1S/C8H6N4O2/c13-8(14)6-3-5(11-12-6)7-4-9-1-2-10-7/h1-4H,(H,11,12)(H,13,14). The molecule has 2 heterocycles. The van der Waals surface area contributed by atoms with E-state index in [0.29, 0.717) is 11.4 Å². The largest absolute Gasteiger partial charge is 0.477 e. The first-order valence-electron chi connectivity index (χ1n) is 3.82. The van der Waals surface area contributed by atoms with E-state index in [4.69, 9.17) is 5.11 Å². The van der Waals surface area contributed by atoms with Crippen LogP contribution in [0.2, 0.25) is 0 Å². The zero-order valence-electron chi connectivity index (χ0n) is 7.01. The predicted molar refractivity (Wildman–Crippen MR) is 46.6 cm³/mol. The number of hydrogen-bond donors (Lipinski definition) is 2. The van der Waals surface area contributed by atoms with Gasteiger partial charge in [0.2, 0.25) is 0 Å². The van der Waals surface area contributed by atoms with Gasteiger partial charge in [-0.25, -0.2) is 4.79 Å². The van der Waals surface area contributed by atoms with E-state index in [1.807, 2.05) is 0 Å². The number of aromatic nitrogens is 4. The first-order chi connectivity index (χ1) is 6.77. The molecule has 2 aromatic heterocycles. The molecule has 14 heavy (non-hydrogen) atoms. The molecule has 6 heteroatoms. The van der Waals surface area contributed by atoms with Crippen molar-refractivity contribution >= 4 is 5.97 Å². The minimum absolute atomic E-state index is 0.0330. The van der Waals surface area contributed by atoms with Crippen LogP contribution in [0, 0.1) is 0 Å². The van der Waals surface area contributed by atoms with Gasteiger partial charge in [-0.1, -0.05) is 0 Å². The molecule has 2 rings (SSSR count). The van der Waals surface area contributed by atoms with Crippen LogP contribution in [0.4, 0.5) is 0 Å². The number of rotatable bonds is 2. The van der Waals surface area contributed by atoms with Gasteiger partial charge in [-0.3, -0.25) is 15.1 Å². The van der Waals surface area contributed by atoms with Crippen molar-refractivity contribution in [3.63, 3.8) is 0 Å². The zero-order valence-corrected chi connectivity index (χ0v) is 7.01. The average Bonchev–Trinajstić information content (AvgIpc) is 2.68. The van der Waals surface area contributed by atoms with Crippen LogP contribution in [0.1, 0.15) is 10.5 Å². The fourth-order valence-corrected chi connectivity index (χ4v) is 0.994. The SMILES string of the molecule is O=C(O)c1cc(-c2cnccn2)n[nH]1. The number of H-pyrrole nitrogens is 1. The molecule has 0 aromatic carbocycles. The van der Waals surface area contributed by atoms with Gasteiger partial charge in [0.25, 0.3) is 0 Å². The smallest absolute Gasteiger partial charge is 0.353 e. The molecule has 0 unspecified atom stereocenters. The fourth-order valence-electron chi connectivity index (χ4n) is 0.994. The Hall–Kier alpha value is -2.24. The van der Waals surface area contributed by atoms with E-state index in [2.05, 4.69) is 20.2 Å². The van der Waals surface area contributed by atoms with Crippen molar-refractivity contribution in [1.29, 1.82) is 0 Å². The van der Waals surface area contributed by atoms with Crippen LogP contribution in [0.5, 0.6) is 0 Å². The molecular formula is C8H6N4O2. The number of nitrogens with one attached hydrogen (secondary N) is 1. The third-order valence-corrected chi connectivity index (χ3v) is 1.63. The average molecular weight is 190 g/mol. The Balaban J connectivity index is 2.39.